The normalized spacial score (nSPS) is 9.86. The average Bonchev–Trinajstić information content (AvgIpc) is 2.47. The quantitative estimate of drug-likeness (QED) is 0.690. The molecule has 1 N–H and O–H groups in total. The summed E-state index contributed by atoms with van der Waals surface area (Å²) in [4.78, 5) is 22.6. The Bertz CT molecular complexity index is 812. The van der Waals surface area contributed by atoms with Crippen molar-refractivity contribution in [2.24, 2.45) is 0 Å². The van der Waals surface area contributed by atoms with Gasteiger partial charge in [-0.05, 0) is 31.2 Å². The summed E-state index contributed by atoms with van der Waals surface area (Å²) in [5.41, 5.74) is 1.07. The lowest BCUT2D eigenvalue weighted by Gasteiger charge is -2.08. The Kier molecular flexibility index (Phi) is 4.39. The van der Waals surface area contributed by atoms with E-state index in [2.05, 4.69) is 5.32 Å². The van der Waals surface area contributed by atoms with Crippen molar-refractivity contribution in [1.29, 1.82) is 5.26 Å². The number of rotatable bonds is 3. The van der Waals surface area contributed by atoms with Crippen molar-refractivity contribution < 1.29 is 9.72 Å². The number of halogens is 1. The van der Waals surface area contributed by atoms with E-state index in [0.29, 0.717) is 11.3 Å². The molecule has 110 valence electrons. The number of benzene rings is 2. The van der Waals surface area contributed by atoms with Crippen LogP contribution in [0.5, 0.6) is 0 Å². The van der Waals surface area contributed by atoms with E-state index in [1.807, 2.05) is 6.07 Å². The molecule has 0 fully saturated rings. The maximum absolute atomic E-state index is 12.2. The Labute approximate surface area is 131 Å². The third kappa shape index (κ3) is 3.05. The molecular formula is C15H10ClN3O3. The van der Waals surface area contributed by atoms with Crippen LogP contribution in [0.3, 0.4) is 0 Å². The molecule has 0 bridgehead atoms. The van der Waals surface area contributed by atoms with Gasteiger partial charge in [-0.1, -0.05) is 17.7 Å². The number of amides is 1. The van der Waals surface area contributed by atoms with Gasteiger partial charge in [-0.3, -0.25) is 14.9 Å². The van der Waals surface area contributed by atoms with Crippen molar-refractivity contribution >= 4 is 28.9 Å². The lowest BCUT2D eigenvalue weighted by atomic mass is 10.1. The average molecular weight is 316 g/mol. The Morgan fingerprint density at radius 1 is 1.36 bits per heavy atom. The number of carbonyl (C=O) groups excluding carboxylic acids is 1. The van der Waals surface area contributed by atoms with E-state index in [1.165, 1.54) is 43.3 Å². The summed E-state index contributed by atoms with van der Waals surface area (Å²) < 4.78 is 0. The van der Waals surface area contributed by atoms with E-state index >= 15 is 0 Å². The summed E-state index contributed by atoms with van der Waals surface area (Å²) >= 11 is 5.89. The van der Waals surface area contributed by atoms with E-state index in [0.717, 1.165) is 0 Å². The van der Waals surface area contributed by atoms with Gasteiger partial charge in [-0.25, -0.2) is 0 Å². The van der Waals surface area contributed by atoms with Crippen LogP contribution in [0.25, 0.3) is 0 Å². The standard InChI is InChI=1S/C15H10ClN3O3/c1-9-12(3-2-4-14(9)19(21)22)15(20)18-11-6-5-10(8-17)13(16)7-11/h2-7H,1H3,(H,18,20). The minimum atomic E-state index is -0.537. The van der Waals surface area contributed by atoms with E-state index in [1.54, 1.807) is 0 Å². The molecule has 2 aromatic carbocycles. The predicted molar refractivity (Wildman–Crippen MR) is 82.0 cm³/mol. The van der Waals surface area contributed by atoms with Crippen molar-refractivity contribution in [3.8, 4) is 6.07 Å². The largest absolute Gasteiger partial charge is 0.322 e. The van der Waals surface area contributed by atoms with Gasteiger partial charge in [0.05, 0.1) is 15.5 Å². The summed E-state index contributed by atoms with van der Waals surface area (Å²) in [6.07, 6.45) is 0. The topological polar surface area (TPSA) is 96.0 Å². The molecule has 0 saturated carbocycles. The Morgan fingerprint density at radius 2 is 2.09 bits per heavy atom. The highest BCUT2D eigenvalue weighted by atomic mass is 35.5. The van der Waals surface area contributed by atoms with Gasteiger partial charge in [-0.15, -0.1) is 0 Å². The van der Waals surface area contributed by atoms with Crippen LogP contribution in [0.2, 0.25) is 5.02 Å². The van der Waals surface area contributed by atoms with E-state index < -0.39 is 10.8 Å². The van der Waals surface area contributed by atoms with Crippen LogP contribution in [0.4, 0.5) is 11.4 Å². The first-order valence-electron chi connectivity index (χ1n) is 6.19. The molecule has 0 heterocycles. The molecule has 1 amide bonds. The van der Waals surface area contributed by atoms with Crippen molar-refractivity contribution in [2.45, 2.75) is 6.92 Å². The third-order valence-corrected chi connectivity index (χ3v) is 3.41. The van der Waals surface area contributed by atoms with Crippen LogP contribution in [-0.2, 0) is 0 Å². The van der Waals surface area contributed by atoms with Crippen LogP contribution in [-0.4, -0.2) is 10.8 Å². The summed E-state index contributed by atoms with van der Waals surface area (Å²) in [5.74, 6) is -0.484. The number of carbonyl (C=O) groups is 1. The molecule has 7 heteroatoms. The fourth-order valence-electron chi connectivity index (χ4n) is 1.95. The van der Waals surface area contributed by atoms with Crippen LogP contribution in [0, 0.1) is 28.4 Å². The lowest BCUT2D eigenvalue weighted by Crippen LogP contribution is -2.14. The highest BCUT2D eigenvalue weighted by Crippen LogP contribution is 2.24. The van der Waals surface area contributed by atoms with E-state index in [9.17, 15) is 14.9 Å². The number of anilines is 1. The van der Waals surface area contributed by atoms with Gasteiger partial charge in [-0.2, -0.15) is 5.26 Å². The predicted octanol–water partition coefficient (Wildman–Crippen LogP) is 3.68. The Balaban J connectivity index is 2.30. The molecular weight excluding hydrogens is 306 g/mol. The molecule has 22 heavy (non-hydrogen) atoms. The molecule has 0 radical (unpaired) electrons. The second kappa shape index (κ2) is 6.24. The van der Waals surface area contributed by atoms with E-state index in [4.69, 9.17) is 16.9 Å². The summed E-state index contributed by atoms with van der Waals surface area (Å²) in [7, 11) is 0. The van der Waals surface area contributed by atoms with Gasteiger partial charge in [0.25, 0.3) is 11.6 Å². The lowest BCUT2D eigenvalue weighted by molar-refractivity contribution is -0.385. The van der Waals surface area contributed by atoms with Crippen molar-refractivity contribution in [3.63, 3.8) is 0 Å². The summed E-state index contributed by atoms with van der Waals surface area (Å²) in [6, 6.07) is 10.7. The minimum Gasteiger partial charge on any atom is -0.322 e. The second-order valence-corrected chi connectivity index (χ2v) is 4.87. The molecule has 0 spiro atoms. The molecule has 0 aromatic heterocycles. The van der Waals surface area contributed by atoms with Gasteiger partial charge >= 0.3 is 0 Å². The first-order valence-corrected chi connectivity index (χ1v) is 6.57. The number of hydrogen-bond acceptors (Lipinski definition) is 4. The molecule has 2 aromatic rings. The maximum atomic E-state index is 12.2. The van der Waals surface area contributed by atoms with Gasteiger partial charge in [0.2, 0.25) is 0 Å². The second-order valence-electron chi connectivity index (χ2n) is 4.47. The molecule has 2 rings (SSSR count). The van der Waals surface area contributed by atoms with Crippen LogP contribution >= 0.6 is 11.6 Å². The monoisotopic (exact) mass is 315 g/mol. The fraction of sp³-hybridized carbons (Fsp3) is 0.0667. The third-order valence-electron chi connectivity index (χ3n) is 3.09. The van der Waals surface area contributed by atoms with Crippen LogP contribution < -0.4 is 5.32 Å². The highest BCUT2D eigenvalue weighted by Gasteiger charge is 2.18. The fourth-order valence-corrected chi connectivity index (χ4v) is 2.17. The number of hydrogen-bond donors (Lipinski definition) is 1. The first-order chi connectivity index (χ1) is 10.4. The zero-order valence-corrected chi connectivity index (χ0v) is 12.2. The summed E-state index contributed by atoms with van der Waals surface area (Å²) in [5, 5.41) is 22.5. The van der Waals surface area contributed by atoms with Crippen molar-refractivity contribution in [2.75, 3.05) is 5.32 Å². The van der Waals surface area contributed by atoms with Crippen molar-refractivity contribution in [1.82, 2.24) is 0 Å². The van der Waals surface area contributed by atoms with Crippen LogP contribution in [0.1, 0.15) is 21.5 Å². The Hall–Kier alpha value is -2.91. The van der Waals surface area contributed by atoms with Crippen molar-refractivity contribution in [3.05, 3.63) is 68.2 Å². The van der Waals surface area contributed by atoms with Gasteiger partial charge in [0.15, 0.2) is 0 Å². The highest BCUT2D eigenvalue weighted by molar-refractivity contribution is 6.32. The van der Waals surface area contributed by atoms with Gasteiger partial charge in [0, 0.05) is 22.9 Å². The van der Waals surface area contributed by atoms with Gasteiger partial charge < -0.3 is 5.32 Å². The van der Waals surface area contributed by atoms with E-state index in [-0.39, 0.29) is 21.8 Å². The van der Waals surface area contributed by atoms with Gasteiger partial charge in [0.1, 0.15) is 6.07 Å². The molecule has 0 unspecified atom stereocenters. The molecule has 6 nitrogen and oxygen atoms in total. The summed E-state index contributed by atoms with van der Waals surface area (Å²) in [6.45, 7) is 1.51. The number of nitrogens with one attached hydrogen (secondary N) is 1. The zero-order valence-electron chi connectivity index (χ0n) is 11.5. The first kappa shape index (κ1) is 15.5. The number of nitro groups is 1. The SMILES string of the molecule is Cc1c(C(=O)Nc2ccc(C#N)c(Cl)c2)cccc1[N+](=O)[O-]. The number of nitrogens with zero attached hydrogens (tertiary/aromatic N) is 2. The maximum Gasteiger partial charge on any atom is 0.273 e. The smallest absolute Gasteiger partial charge is 0.273 e. The molecule has 0 aliphatic rings. The molecule has 0 saturated heterocycles. The number of nitriles is 1. The minimum absolute atomic E-state index is 0.120. The molecule has 0 aliphatic heterocycles. The zero-order chi connectivity index (χ0) is 16.3. The molecule has 0 atom stereocenters. The van der Waals surface area contributed by atoms with Crippen LogP contribution in [0.15, 0.2) is 36.4 Å². The number of nitro benzene ring substituents is 1. The molecule has 0 aliphatic carbocycles. The Morgan fingerprint density at radius 3 is 2.68 bits per heavy atom.